The van der Waals surface area contributed by atoms with Crippen molar-refractivity contribution in [2.75, 3.05) is 0 Å². The minimum atomic E-state index is 0.455. The summed E-state index contributed by atoms with van der Waals surface area (Å²) >= 11 is 0. The Kier molecular flexibility index (Phi) is 3.77. The van der Waals surface area contributed by atoms with Crippen molar-refractivity contribution in [3.8, 4) is 0 Å². The van der Waals surface area contributed by atoms with Crippen molar-refractivity contribution in [3.05, 3.63) is 77.9 Å². The number of rotatable bonds is 3. The number of hydrogen-bond donors (Lipinski definition) is 0. The molecule has 0 aliphatic carbocycles. The van der Waals surface area contributed by atoms with Crippen LogP contribution >= 0.6 is 0 Å². The second-order valence-corrected chi connectivity index (χ2v) is 4.42. The Morgan fingerprint density at radius 1 is 0.882 bits per heavy atom. The maximum absolute atomic E-state index is 2.32. The van der Waals surface area contributed by atoms with Crippen LogP contribution in [-0.2, 0) is 0 Å². The Labute approximate surface area is 104 Å². The molecule has 0 fully saturated rings. The van der Waals surface area contributed by atoms with Gasteiger partial charge >= 0.3 is 0 Å². The van der Waals surface area contributed by atoms with E-state index in [9.17, 15) is 0 Å². The lowest BCUT2D eigenvalue weighted by molar-refractivity contribution is 0.968. The third-order valence-electron chi connectivity index (χ3n) is 3.05. The van der Waals surface area contributed by atoms with E-state index in [0.29, 0.717) is 5.92 Å². The zero-order valence-electron chi connectivity index (χ0n) is 10.4. The fourth-order valence-corrected chi connectivity index (χ4v) is 2.03. The Bertz CT molecular complexity index is 480. The predicted octanol–water partition coefficient (Wildman–Crippen LogP) is 4.89. The van der Waals surface area contributed by atoms with Crippen LogP contribution in [0.3, 0.4) is 0 Å². The van der Waals surface area contributed by atoms with E-state index in [2.05, 4.69) is 80.6 Å². The van der Waals surface area contributed by atoms with Gasteiger partial charge in [0.2, 0.25) is 0 Å². The van der Waals surface area contributed by atoms with Crippen molar-refractivity contribution in [2.24, 2.45) is 0 Å². The third kappa shape index (κ3) is 3.07. The van der Waals surface area contributed by atoms with Crippen LogP contribution in [0.4, 0.5) is 0 Å². The molecular formula is C17H18. The van der Waals surface area contributed by atoms with Crippen molar-refractivity contribution in [2.45, 2.75) is 19.8 Å². The molecule has 0 heterocycles. The molecule has 0 amide bonds. The van der Waals surface area contributed by atoms with Gasteiger partial charge in [-0.3, -0.25) is 0 Å². The van der Waals surface area contributed by atoms with Gasteiger partial charge in [-0.15, -0.1) is 0 Å². The largest absolute Gasteiger partial charge is 0.0738 e. The van der Waals surface area contributed by atoms with Crippen molar-refractivity contribution in [1.29, 1.82) is 0 Å². The summed E-state index contributed by atoms with van der Waals surface area (Å²) in [5, 5.41) is 0. The Hall–Kier alpha value is -1.82. The van der Waals surface area contributed by atoms with Crippen LogP contribution in [0.25, 0.3) is 5.57 Å². The smallest absolute Gasteiger partial charge is 0.000451 e. The van der Waals surface area contributed by atoms with Crippen LogP contribution in [-0.4, -0.2) is 0 Å². The highest BCUT2D eigenvalue weighted by Gasteiger charge is 2.02. The van der Waals surface area contributed by atoms with Crippen LogP contribution < -0.4 is 0 Å². The van der Waals surface area contributed by atoms with Crippen molar-refractivity contribution >= 4 is 5.57 Å². The van der Waals surface area contributed by atoms with Gasteiger partial charge in [0.25, 0.3) is 0 Å². The van der Waals surface area contributed by atoms with Crippen molar-refractivity contribution in [1.82, 2.24) is 0 Å². The van der Waals surface area contributed by atoms with Gasteiger partial charge < -0.3 is 0 Å². The highest BCUT2D eigenvalue weighted by atomic mass is 14.1. The van der Waals surface area contributed by atoms with Gasteiger partial charge in [-0.1, -0.05) is 73.7 Å². The molecule has 0 saturated heterocycles. The molecule has 2 rings (SSSR count). The van der Waals surface area contributed by atoms with E-state index < -0.39 is 0 Å². The van der Waals surface area contributed by atoms with E-state index in [-0.39, 0.29) is 0 Å². The van der Waals surface area contributed by atoms with Crippen LogP contribution in [0, 0.1) is 0 Å². The van der Waals surface area contributed by atoms with Gasteiger partial charge in [-0.05, 0) is 29.5 Å². The molecule has 0 aliphatic heterocycles. The van der Waals surface area contributed by atoms with E-state index in [1.807, 2.05) is 0 Å². The van der Waals surface area contributed by atoms with Crippen LogP contribution in [0.2, 0.25) is 0 Å². The van der Waals surface area contributed by atoms with Gasteiger partial charge in [0.15, 0.2) is 0 Å². The molecule has 86 valence electrons. The minimum absolute atomic E-state index is 0.455. The Balaban J connectivity index is 2.20. The van der Waals surface area contributed by atoms with Gasteiger partial charge in [0, 0.05) is 0 Å². The SMILES string of the molecule is C/C(=C/[C@@H](C)c1ccccc1)c1ccccc1. The molecule has 0 aromatic heterocycles. The molecule has 2 aromatic carbocycles. The highest BCUT2D eigenvalue weighted by molar-refractivity contribution is 5.64. The second kappa shape index (κ2) is 5.49. The summed E-state index contributed by atoms with van der Waals surface area (Å²) < 4.78 is 0. The molecule has 0 bridgehead atoms. The van der Waals surface area contributed by atoms with Gasteiger partial charge in [-0.25, -0.2) is 0 Å². The Morgan fingerprint density at radius 2 is 1.41 bits per heavy atom. The third-order valence-corrected chi connectivity index (χ3v) is 3.05. The first-order chi connectivity index (χ1) is 8.27. The van der Waals surface area contributed by atoms with E-state index in [1.165, 1.54) is 16.7 Å². The minimum Gasteiger partial charge on any atom is -0.0738 e. The molecule has 17 heavy (non-hydrogen) atoms. The summed E-state index contributed by atoms with van der Waals surface area (Å²) in [6.07, 6.45) is 2.32. The first-order valence-corrected chi connectivity index (χ1v) is 6.06. The molecule has 0 nitrogen and oxygen atoms in total. The summed E-state index contributed by atoms with van der Waals surface area (Å²) in [4.78, 5) is 0. The topological polar surface area (TPSA) is 0 Å². The van der Waals surface area contributed by atoms with E-state index in [4.69, 9.17) is 0 Å². The first kappa shape index (κ1) is 11.7. The summed E-state index contributed by atoms with van der Waals surface area (Å²) in [6, 6.07) is 21.1. The maximum atomic E-state index is 2.32. The van der Waals surface area contributed by atoms with Crippen molar-refractivity contribution in [3.63, 3.8) is 0 Å². The van der Waals surface area contributed by atoms with Crippen LogP contribution in [0.1, 0.15) is 30.9 Å². The molecule has 0 N–H and O–H groups in total. The number of allylic oxidation sites excluding steroid dienone is 2. The summed E-state index contributed by atoms with van der Waals surface area (Å²) in [6.45, 7) is 4.41. The van der Waals surface area contributed by atoms with E-state index in [1.54, 1.807) is 0 Å². The molecule has 0 radical (unpaired) electrons. The quantitative estimate of drug-likeness (QED) is 0.693. The Morgan fingerprint density at radius 3 is 2.00 bits per heavy atom. The van der Waals surface area contributed by atoms with E-state index in [0.717, 1.165) is 0 Å². The van der Waals surface area contributed by atoms with Crippen molar-refractivity contribution < 1.29 is 0 Å². The molecule has 0 spiro atoms. The fraction of sp³-hybridized carbons (Fsp3) is 0.176. The van der Waals surface area contributed by atoms with Crippen LogP contribution in [0.5, 0.6) is 0 Å². The second-order valence-electron chi connectivity index (χ2n) is 4.42. The molecule has 0 saturated carbocycles. The zero-order chi connectivity index (χ0) is 12.1. The standard InChI is InChI=1S/C17H18/c1-14(16-9-5-3-6-10-16)13-15(2)17-11-7-4-8-12-17/h3-14H,1-2H3/b15-13-/t14-/m1/s1. The van der Waals surface area contributed by atoms with Gasteiger partial charge in [0.05, 0.1) is 0 Å². The molecule has 0 unspecified atom stereocenters. The normalized spacial score (nSPS) is 13.4. The average Bonchev–Trinajstić information content (AvgIpc) is 2.40. The maximum Gasteiger partial charge on any atom is -0.000451 e. The summed E-state index contributed by atoms with van der Waals surface area (Å²) in [7, 11) is 0. The predicted molar refractivity (Wildman–Crippen MR) is 75.0 cm³/mol. The molecule has 0 aliphatic rings. The molecule has 2 aromatic rings. The fourth-order valence-electron chi connectivity index (χ4n) is 2.03. The average molecular weight is 222 g/mol. The number of hydrogen-bond acceptors (Lipinski definition) is 0. The monoisotopic (exact) mass is 222 g/mol. The molecular weight excluding hydrogens is 204 g/mol. The zero-order valence-corrected chi connectivity index (χ0v) is 10.4. The lowest BCUT2D eigenvalue weighted by Gasteiger charge is -2.09. The van der Waals surface area contributed by atoms with Gasteiger partial charge in [-0.2, -0.15) is 0 Å². The van der Waals surface area contributed by atoms with Gasteiger partial charge in [0.1, 0.15) is 0 Å². The lowest BCUT2D eigenvalue weighted by Crippen LogP contribution is -1.90. The van der Waals surface area contributed by atoms with Crippen LogP contribution in [0.15, 0.2) is 66.7 Å². The lowest BCUT2D eigenvalue weighted by atomic mass is 9.96. The number of benzene rings is 2. The first-order valence-electron chi connectivity index (χ1n) is 6.06. The summed E-state index contributed by atoms with van der Waals surface area (Å²) in [5.74, 6) is 0.455. The molecule has 1 atom stereocenters. The molecule has 0 heteroatoms. The van der Waals surface area contributed by atoms with E-state index >= 15 is 0 Å². The highest BCUT2D eigenvalue weighted by Crippen LogP contribution is 2.22. The summed E-state index contributed by atoms with van der Waals surface area (Å²) in [5.41, 5.74) is 4.00.